The maximum atomic E-state index is 11.5. The van der Waals surface area contributed by atoms with Crippen molar-refractivity contribution in [1.82, 2.24) is 10.6 Å². The van der Waals surface area contributed by atoms with Crippen molar-refractivity contribution in [3.63, 3.8) is 0 Å². The molecule has 3 N–H and O–H groups in total. The molecule has 1 aromatic carbocycles. The van der Waals surface area contributed by atoms with Gasteiger partial charge >= 0.3 is 6.03 Å². The first-order valence-corrected chi connectivity index (χ1v) is 6.25. The number of carbonyl (C=O) groups excluding carboxylic acids is 2. The number of hydrogen-bond acceptors (Lipinski definition) is 3. The molecule has 0 aliphatic rings. The fourth-order valence-corrected chi connectivity index (χ4v) is 1.42. The van der Waals surface area contributed by atoms with Gasteiger partial charge in [0.1, 0.15) is 0 Å². The van der Waals surface area contributed by atoms with Gasteiger partial charge in [0.25, 0.3) is 0 Å². The molecular weight excluding hydrogens is 266 g/mol. The molecule has 0 fully saturated rings. The van der Waals surface area contributed by atoms with Crippen LogP contribution in [-0.2, 0) is 4.79 Å². The number of anilines is 1. The summed E-state index contributed by atoms with van der Waals surface area (Å²) >= 11 is 5.74. The number of nitrogens with one attached hydrogen (secondary N) is 3. The highest BCUT2D eigenvalue weighted by Crippen LogP contribution is 2.12. The molecule has 0 saturated heterocycles. The Hall–Kier alpha value is -1.75. The summed E-state index contributed by atoms with van der Waals surface area (Å²) in [7, 11) is 0. The Labute approximate surface area is 117 Å². The third-order valence-corrected chi connectivity index (χ3v) is 2.29. The summed E-state index contributed by atoms with van der Waals surface area (Å²) in [4.78, 5) is 23.0. The SMILES string of the molecule is CC(C)(C)NC(=O)NC(=O)CNc1ccc(Cl)cc1. The van der Waals surface area contributed by atoms with E-state index in [0.717, 1.165) is 5.69 Å². The van der Waals surface area contributed by atoms with Crippen LogP contribution in [0.5, 0.6) is 0 Å². The fourth-order valence-electron chi connectivity index (χ4n) is 1.29. The summed E-state index contributed by atoms with van der Waals surface area (Å²) in [6.45, 7) is 5.52. The summed E-state index contributed by atoms with van der Waals surface area (Å²) in [5, 5.41) is 8.39. The minimum absolute atomic E-state index is 0.0131. The molecule has 5 nitrogen and oxygen atoms in total. The topological polar surface area (TPSA) is 70.2 Å². The molecule has 0 heterocycles. The standard InChI is InChI=1S/C13H18ClN3O2/c1-13(2,3)17-12(19)16-11(18)8-15-10-6-4-9(14)5-7-10/h4-7,15H,8H2,1-3H3,(H2,16,17,18,19). The third-order valence-electron chi connectivity index (χ3n) is 2.04. The second-order valence-electron chi connectivity index (χ2n) is 5.11. The van der Waals surface area contributed by atoms with Gasteiger partial charge in [-0.25, -0.2) is 4.79 Å². The summed E-state index contributed by atoms with van der Waals surface area (Å²) in [6, 6.07) is 6.44. The van der Waals surface area contributed by atoms with Gasteiger partial charge in [-0.15, -0.1) is 0 Å². The number of hydrogen-bond donors (Lipinski definition) is 3. The van der Waals surface area contributed by atoms with E-state index in [9.17, 15) is 9.59 Å². The van der Waals surface area contributed by atoms with Gasteiger partial charge in [0.15, 0.2) is 0 Å². The Morgan fingerprint density at radius 1 is 1.16 bits per heavy atom. The molecule has 104 valence electrons. The number of imide groups is 1. The lowest BCUT2D eigenvalue weighted by Gasteiger charge is -2.20. The number of benzene rings is 1. The molecule has 0 spiro atoms. The van der Waals surface area contributed by atoms with Crippen molar-refractivity contribution >= 4 is 29.2 Å². The maximum Gasteiger partial charge on any atom is 0.321 e. The van der Waals surface area contributed by atoms with Crippen LogP contribution >= 0.6 is 11.6 Å². The number of rotatable bonds is 3. The van der Waals surface area contributed by atoms with Crippen LogP contribution in [0.1, 0.15) is 20.8 Å². The minimum Gasteiger partial charge on any atom is -0.376 e. The molecule has 0 atom stereocenters. The highest BCUT2D eigenvalue weighted by molar-refractivity contribution is 6.30. The molecule has 0 bridgehead atoms. The number of halogens is 1. The Morgan fingerprint density at radius 3 is 2.26 bits per heavy atom. The monoisotopic (exact) mass is 283 g/mol. The van der Waals surface area contributed by atoms with Crippen LogP contribution in [0.2, 0.25) is 5.02 Å². The van der Waals surface area contributed by atoms with E-state index in [-0.39, 0.29) is 12.1 Å². The van der Waals surface area contributed by atoms with Crippen LogP contribution in [0.15, 0.2) is 24.3 Å². The normalized spacial score (nSPS) is 10.7. The first-order chi connectivity index (χ1) is 8.76. The maximum absolute atomic E-state index is 11.5. The van der Waals surface area contributed by atoms with Crippen molar-refractivity contribution in [2.45, 2.75) is 26.3 Å². The first-order valence-electron chi connectivity index (χ1n) is 5.88. The average molecular weight is 284 g/mol. The highest BCUT2D eigenvalue weighted by atomic mass is 35.5. The predicted molar refractivity (Wildman–Crippen MR) is 76.4 cm³/mol. The minimum atomic E-state index is -0.504. The summed E-state index contributed by atoms with van der Waals surface area (Å²) < 4.78 is 0. The largest absolute Gasteiger partial charge is 0.376 e. The van der Waals surface area contributed by atoms with Gasteiger partial charge in [0, 0.05) is 16.2 Å². The molecule has 0 aromatic heterocycles. The van der Waals surface area contributed by atoms with Crippen LogP contribution < -0.4 is 16.0 Å². The number of urea groups is 1. The summed E-state index contributed by atoms with van der Waals surface area (Å²) in [5.41, 5.74) is 0.379. The Morgan fingerprint density at radius 2 is 1.74 bits per heavy atom. The van der Waals surface area contributed by atoms with Gasteiger partial charge in [-0.05, 0) is 45.0 Å². The fraction of sp³-hybridized carbons (Fsp3) is 0.385. The first kappa shape index (κ1) is 15.3. The molecule has 0 aliphatic carbocycles. The van der Waals surface area contributed by atoms with Crippen LogP contribution in [0.4, 0.5) is 10.5 Å². The molecule has 0 saturated carbocycles. The number of amides is 3. The Bertz CT molecular complexity index is 452. The van der Waals surface area contributed by atoms with Crippen LogP contribution in [0, 0.1) is 0 Å². The van der Waals surface area contributed by atoms with E-state index in [0.29, 0.717) is 5.02 Å². The van der Waals surface area contributed by atoms with E-state index < -0.39 is 11.9 Å². The van der Waals surface area contributed by atoms with Crippen LogP contribution in [0.25, 0.3) is 0 Å². The van der Waals surface area contributed by atoms with Crippen molar-refractivity contribution in [1.29, 1.82) is 0 Å². The highest BCUT2D eigenvalue weighted by Gasteiger charge is 2.15. The molecule has 0 unspecified atom stereocenters. The smallest absolute Gasteiger partial charge is 0.321 e. The average Bonchev–Trinajstić information content (AvgIpc) is 2.25. The lowest BCUT2D eigenvalue weighted by molar-refractivity contribution is -0.118. The predicted octanol–water partition coefficient (Wildman–Crippen LogP) is 2.38. The lowest BCUT2D eigenvalue weighted by atomic mass is 10.1. The van der Waals surface area contributed by atoms with Crippen LogP contribution in [0.3, 0.4) is 0 Å². The Kier molecular flexibility index (Phi) is 5.18. The molecule has 1 aromatic rings. The Balaban J connectivity index is 2.36. The van der Waals surface area contributed by atoms with E-state index in [4.69, 9.17) is 11.6 Å². The van der Waals surface area contributed by atoms with E-state index in [1.54, 1.807) is 24.3 Å². The third kappa shape index (κ3) is 6.67. The van der Waals surface area contributed by atoms with E-state index in [1.807, 2.05) is 20.8 Å². The van der Waals surface area contributed by atoms with Gasteiger partial charge in [0.2, 0.25) is 5.91 Å². The second-order valence-corrected chi connectivity index (χ2v) is 5.55. The quantitative estimate of drug-likeness (QED) is 0.798. The van der Waals surface area contributed by atoms with E-state index in [1.165, 1.54) is 0 Å². The van der Waals surface area contributed by atoms with Gasteiger partial charge in [-0.1, -0.05) is 11.6 Å². The van der Waals surface area contributed by atoms with Crippen molar-refractivity contribution in [3.8, 4) is 0 Å². The van der Waals surface area contributed by atoms with Crippen molar-refractivity contribution < 1.29 is 9.59 Å². The molecule has 0 aliphatic heterocycles. The molecule has 6 heteroatoms. The van der Waals surface area contributed by atoms with Gasteiger partial charge in [-0.3, -0.25) is 10.1 Å². The van der Waals surface area contributed by atoms with E-state index >= 15 is 0 Å². The zero-order valence-electron chi connectivity index (χ0n) is 11.2. The van der Waals surface area contributed by atoms with Crippen molar-refractivity contribution in [3.05, 3.63) is 29.3 Å². The van der Waals surface area contributed by atoms with Crippen LogP contribution in [-0.4, -0.2) is 24.0 Å². The summed E-state index contributed by atoms with van der Waals surface area (Å²) in [5.74, 6) is -0.406. The van der Waals surface area contributed by atoms with E-state index in [2.05, 4.69) is 16.0 Å². The lowest BCUT2D eigenvalue weighted by Crippen LogP contribution is -2.49. The second kappa shape index (κ2) is 6.43. The molecular formula is C13H18ClN3O2. The number of carbonyl (C=O) groups is 2. The molecule has 1 rings (SSSR count). The van der Waals surface area contributed by atoms with Crippen molar-refractivity contribution in [2.24, 2.45) is 0 Å². The molecule has 19 heavy (non-hydrogen) atoms. The zero-order chi connectivity index (χ0) is 14.5. The van der Waals surface area contributed by atoms with Gasteiger partial charge in [0.05, 0.1) is 6.54 Å². The molecule has 3 amide bonds. The zero-order valence-corrected chi connectivity index (χ0v) is 12.0. The van der Waals surface area contributed by atoms with Crippen molar-refractivity contribution in [2.75, 3.05) is 11.9 Å². The van der Waals surface area contributed by atoms with Gasteiger partial charge in [-0.2, -0.15) is 0 Å². The summed E-state index contributed by atoms with van der Waals surface area (Å²) in [6.07, 6.45) is 0. The molecule has 0 radical (unpaired) electrons. The van der Waals surface area contributed by atoms with Gasteiger partial charge < -0.3 is 10.6 Å².